The molecule has 0 saturated heterocycles. The molecular weight excluding hydrogens is 339 g/mol. The quantitative estimate of drug-likeness (QED) is 0.864. The van der Waals surface area contributed by atoms with Gasteiger partial charge in [-0.3, -0.25) is 0 Å². The number of nitrogen functional groups attached to an aromatic ring is 1. The van der Waals surface area contributed by atoms with Crippen LogP contribution in [0.4, 0.5) is 10.1 Å². The Morgan fingerprint density at radius 3 is 2.71 bits per heavy atom. The van der Waals surface area contributed by atoms with E-state index in [4.69, 9.17) is 15.2 Å². The number of pyridine rings is 1. The van der Waals surface area contributed by atoms with E-state index < -0.39 is 0 Å². The molecule has 0 radical (unpaired) electrons. The van der Waals surface area contributed by atoms with Crippen LogP contribution < -0.4 is 15.2 Å². The Morgan fingerprint density at radius 2 is 2.05 bits per heavy atom. The van der Waals surface area contributed by atoms with Gasteiger partial charge in [0.2, 0.25) is 11.8 Å². The van der Waals surface area contributed by atoms with E-state index in [0.29, 0.717) is 40.2 Å². The maximum atomic E-state index is 13.2. The average Bonchev–Trinajstić information content (AvgIpc) is 2.43. The number of anilines is 1. The number of hydrogen-bond donors (Lipinski definition) is 1. The van der Waals surface area contributed by atoms with Gasteiger partial charge in [-0.15, -0.1) is 0 Å². The Bertz CT molecular complexity index is 635. The summed E-state index contributed by atoms with van der Waals surface area (Å²) in [6.07, 6.45) is 0. The molecule has 4 nitrogen and oxygen atoms in total. The predicted molar refractivity (Wildman–Crippen MR) is 83.2 cm³/mol. The molecule has 2 rings (SSSR count). The van der Waals surface area contributed by atoms with Gasteiger partial charge in [-0.25, -0.2) is 4.39 Å². The second-order valence-corrected chi connectivity index (χ2v) is 5.78. The molecule has 2 aromatic rings. The first-order valence-electron chi connectivity index (χ1n) is 6.48. The van der Waals surface area contributed by atoms with Gasteiger partial charge in [-0.2, -0.15) is 4.98 Å². The highest BCUT2D eigenvalue weighted by atomic mass is 79.9. The first-order chi connectivity index (χ1) is 9.95. The molecule has 21 heavy (non-hydrogen) atoms. The van der Waals surface area contributed by atoms with Crippen LogP contribution >= 0.6 is 15.9 Å². The lowest BCUT2D eigenvalue weighted by molar-refractivity contribution is 0.260. The summed E-state index contributed by atoms with van der Waals surface area (Å²) < 4.78 is 24.6. The Labute approximate surface area is 131 Å². The molecule has 1 aromatic carbocycles. The highest BCUT2D eigenvalue weighted by Gasteiger charge is 2.08. The summed E-state index contributed by atoms with van der Waals surface area (Å²) in [5, 5.41) is 0. The Balaban J connectivity index is 2.16. The minimum absolute atomic E-state index is 0.326. The largest absolute Gasteiger partial charge is 0.476 e. The fraction of sp³-hybridized carbons (Fsp3) is 0.267. The van der Waals surface area contributed by atoms with Crippen molar-refractivity contribution < 1.29 is 13.9 Å². The normalized spacial score (nSPS) is 10.7. The fourth-order valence-electron chi connectivity index (χ4n) is 1.51. The van der Waals surface area contributed by atoms with Crippen LogP contribution in [-0.4, -0.2) is 11.6 Å². The molecular formula is C15H16BrFN2O2. The van der Waals surface area contributed by atoms with Gasteiger partial charge < -0.3 is 15.2 Å². The Kier molecular flexibility index (Phi) is 5.01. The van der Waals surface area contributed by atoms with E-state index in [1.54, 1.807) is 12.1 Å². The fourth-order valence-corrected chi connectivity index (χ4v) is 1.87. The van der Waals surface area contributed by atoms with Crippen LogP contribution in [-0.2, 0) is 0 Å². The molecule has 0 aliphatic carbocycles. The van der Waals surface area contributed by atoms with E-state index in [2.05, 4.69) is 20.9 Å². The van der Waals surface area contributed by atoms with Crippen LogP contribution in [0.1, 0.15) is 13.8 Å². The van der Waals surface area contributed by atoms with Crippen LogP contribution in [0.5, 0.6) is 17.5 Å². The zero-order chi connectivity index (χ0) is 15.4. The summed E-state index contributed by atoms with van der Waals surface area (Å²) in [7, 11) is 0. The van der Waals surface area contributed by atoms with Crippen molar-refractivity contribution in [3.05, 3.63) is 40.6 Å². The van der Waals surface area contributed by atoms with Crippen molar-refractivity contribution in [2.24, 2.45) is 5.92 Å². The minimum atomic E-state index is -0.353. The second-order valence-electron chi connectivity index (χ2n) is 4.93. The van der Waals surface area contributed by atoms with Gasteiger partial charge in [0.15, 0.2) is 0 Å². The van der Waals surface area contributed by atoms with Crippen molar-refractivity contribution in [3.63, 3.8) is 0 Å². The number of benzene rings is 1. The lowest BCUT2D eigenvalue weighted by atomic mass is 10.2. The van der Waals surface area contributed by atoms with Crippen LogP contribution in [0, 0.1) is 11.7 Å². The van der Waals surface area contributed by atoms with E-state index in [1.807, 2.05) is 13.8 Å². The molecule has 112 valence electrons. The van der Waals surface area contributed by atoms with Crippen molar-refractivity contribution in [2.75, 3.05) is 12.3 Å². The summed E-state index contributed by atoms with van der Waals surface area (Å²) in [5.74, 6) is 1.15. The SMILES string of the molecule is CC(C)COc1nc(Oc2ccc(F)c(Br)c2)ccc1N. The summed E-state index contributed by atoms with van der Waals surface area (Å²) in [4.78, 5) is 4.21. The maximum Gasteiger partial charge on any atom is 0.240 e. The molecule has 1 heterocycles. The van der Waals surface area contributed by atoms with Crippen LogP contribution in [0.25, 0.3) is 0 Å². The number of halogens is 2. The Hall–Kier alpha value is -1.82. The summed E-state index contributed by atoms with van der Waals surface area (Å²) >= 11 is 3.11. The van der Waals surface area contributed by atoms with Gasteiger partial charge in [0.05, 0.1) is 16.8 Å². The van der Waals surface area contributed by atoms with Gasteiger partial charge in [0.1, 0.15) is 11.6 Å². The first-order valence-corrected chi connectivity index (χ1v) is 7.27. The minimum Gasteiger partial charge on any atom is -0.476 e. The third kappa shape index (κ3) is 4.32. The molecule has 0 spiro atoms. The molecule has 0 atom stereocenters. The van der Waals surface area contributed by atoms with Crippen molar-refractivity contribution in [1.82, 2.24) is 4.98 Å². The molecule has 0 unspecified atom stereocenters. The van der Waals surface area contributed by atoms with Crippen molar-refractivity contribution >= 4 is 21.6 Å². The van der Waals surface area contributed by atoms with Crippen LogP contribution in [0.3, 0.4) is 0 Å². The van der Waals surface area contributed by atoms with Gasteiger partial charge in [-0.1, -0.05) is 13.8 Å². The van der Waals surface area contributed by atoms with E-state index in [9.17, 15) is 4.39 Å². The third-order valence-electron chi connectivity index (χ3n) is 2.53. The Morgan fingerprint density at radius 1 is 1.29 bits per heavy atom. The monoisotopic (exact) mass is 354 g/mol. The summed E-state index contributed by atoms with van der Waals surface area (Å²) in [6, 6.07) is 7.66. The molecule has 2 N–H and O–H groups in total. The van der Waals surface area contributed by atoms with Crippen molar-refractivity contribution in [1.29, 1.82) is 0 Å². The molecule has 6 heteroatoms. The molecule has 0 saturated carbocycles. The van der Waals surface area contributed by atoms with Gasteiger partial charge in [-0.05, 0) is 46.1 Å². The van der Waals surface area contributed by atoms with Gasteiger partial charge in [0, 0.05) is 6.07 Å². The highest BCUT2D eigenvalue weighted by molar-refractivity contribution is 9.10. The summed E-state index contributed by atoms with van der Waals surface area (Å²) in [5.41, 5.74) is 6.26. The lowest BCUT2D eigenvalue weighted by Crippen LogP contribution is -2.07. The first kappa shape index (κ1) is 15.6. The maximum absolute atomic E-state index is 13.2. The smallest absolute Gasteiger partial charge is 0.240 e. The number of nitrogens with zero attached hydrogens (tertiary/aromatic N) is 1. The number of hydrogen-bond acceptors (Lipinski definition) is 4. The van der Waals surface area contributed by atoms with Gasteiger partial charge >= 0.3 is 0 Å². The number of rotatable bonds is 5. The number of aromatic nitrogens is 1. The average molecular weight is 355 g/mol. The molecule has 0 fully saturated rings. The van der Waals surface area contributed by atoms with Crippen LogP contribution in [0.2, 0.25) is 0 Å². The number of ether oxygens (including phenoxy) is 2. The zero-order valence-electron chi connectivity index (χ0n) is 11.8. The predicted octanol–water partition coefficient (Wildman–Crippen LogP) is 4.39. The topological polar surface area (TPSA) is 57.4 Å². The molecule has 0 aliphatic heterocycles. The molecule has 0 bridgehead atoms. The summed E-state index contributed by atoms with van der Waals surface area (Å²) in [6.45, 7) is 4.59. The zero-order valence-corrected chi connectivity index (χ0v) is 13.4. The van der Waals surface area contributed by atoms with Crippen molar-refractivity contribution in [2.45, 2.75) is 13.8 Å². The van der Waals surface area contributed by atoms with E-state index in [-0.39, 0.29) is 5.82 Å². The second kappa shape index (κ2) is 6.76. The van der Waals surface area contributed by atoms with Crippen LogP contribution in [0.15, 0.2) is 34.8 Å². The van der Waals surface area contributed by atoms with Gasteiger partial charge in [0.25, 0.3) is 0 Å². The van der Waals surface area contributed by atoms with E-state index in [1.165, 1.54) is 18.2 Å². The molecule has 0 amide bonds. The number of nitrogens with two attached hydrogens (primary N) is 1. The molecule has 0 aliphatic rings. The standard InChI is InChI=1S/C15H16BrFN2O2/c1-9(2)8-20-15-13(18)5-6-14(19-15)21-10-3-4-12(17)11(16)7-10/h3-7,9H,8,18H2,1-2H3. The molecule has 1 aromatic heterocycles. The van der Waals surface area contributed by atoms with E-state index in [0.717, 1.165) is 0 Å². The lowest BCUT2D eigenvalue weighted by Gasteiger charge is -2.12. The van der Waals surface area contributed by atoms with Crippen molar-refractivity contribution in [3.8, 4) is 17.5 Å². The third-order valence-corrected chi connectivity index (χ3v) is 3.14. The highest BCUT2D eigenvalue weighted by Crippen LogP contribution is 2.28. The van der Waals surface area contributed by atoms with E-state index >= 15 is 0 Å².